The van der Waals surface area contributed by atoms with Gasteiger partial charge in [0.1, 0.15) is 13.2 Å². The van der Waals surface area contributed by atoms with E-state index in [1.807, 2.05) is 0 Å². The molecule has 0 fully saturated rings. The Morgan fingerprint density at radius 2 is 0.611 bits per heavy atom. The standard InChI is InChI=1S/C48H92O6/c1-6-7-8-9-10-11-13-17-23-28-33-38-46(49)52-41-45(54-48(51)40-35-30-25-20-19-22-27-32-37-44(4)5)42-53-47(50)39-34-29-24-18-15-12-14-16-21-26-31-36-43(2)3/h43-45H,6-42H2,1-5H3/t45-/m0/s1. The molecule has 0 aliphatic heterocycles. The zero-order valence-corrected chi connectivity index (χ0v) is 36.8. The molecule has 0 aromatic rings. The molecule has 0 aromatic carbocycles. The summed E-state index contributed by atoms with van der Waals surface area (Å²) in [5.41, 5.74) is 0. The minimum absolute atomic E-state index is 0.0648. The summed E-state index contributed by atoms with van der Waals surface area (Å²) in [5, 5.41) is 0. The number of hydrogen-bond donors (Lipinski definition) is 0. The molecule has 0 aliphatic rings. The minimum atomic E-state index is -0.760. The van der Waals surface area contributed by atoms with Gasteiger partial charge >= 0.3 is 17.9 Å². The Hall–Kier alpha value is -1.59. The van der Waals surface area contributed by atoms with Gasteiger partial charge in [-0.25, -0.2) is 0 Å². The molecule has 54 heavy (non-hydrogen) atoms. The maximum absolute atomic E-state index is 12.7. The Labute approximate surface area is 336 Å². The highest BCUT2D eigenvalue weighted by Crippen LogP contribution is 2.17. The molecule has 1 atom stereocenters. The van der Waals surface area contributed by atoms with E-state index in [9.17, 15) is 14.4 Å². The van der Waals surface area contributed by atoms with Gasteiger partial charge in [0.15, 0.2) is 6.10 Å². The van der Waals surface area contributed by atoms with Gasteiger partial charge in [-0.2, -0.15) is 0 Å². The maximum Gasteiger partial charge on any atom is 0.306 e. The first kappa shape index (κ1) is 52.4. The van der Waals surface area contributed by atoms with Crippen LogP contribution in [0.25, 0.3) is 0 Å². The molecule has 0 aromatic heterocycles. The molecule has 0 radical (unpaired) electrons. The summed E-state index contributed by atoms with van der Waals surface area (Å²) in [6.45, 7) is 11.3. The average molecular weight is 765 g/mol. The van der Waals surface area contributed by atoms with E-state index in [2.05, 4.69) is 34.6 Å². The van der Waals surface area contributed by atoms with Crippen LogP contribution in [-0.4, -0.2) is 37.2 Å². The number of carbonyl (C=O) groups excluding carboxylic acids is 3. The van der Waals surface area contributed by atoms with Crippen molar-refractivity contribution in [1.82, 2.24) is 0 Å². The third kappa shape index (κ3) is 41.6. The number of ether oxygens (including phenoxy) is 3. The molecule has 0 rings (SSSR count). The van der Waals surface area contributed by atoms with Gasteiger partial charge in [0.05, 0.1) is 0 Å². The summed E-state index contributed by atoms with van der Waals surface area (Å²) in [6, 6.07) is 0. The number of esters is 3. The van der Waals surface area contributed by atoms with Crippen molar-refractivity contribution >= 4 is 17.9 Å². The van der Waals surface area contributed by atoms with E-state index < -0.39 is 6.10 Å². The molecular formula is C48H92O6. The second kappa shape index (κ2) is 41.1. The normalized spacial score (nSPS) is 12.1. The zero-order valence-electron chi connectivity index (χ0n) is 36.8. The van der Waals surface area contributed by atoms with E-state index in [4.69, 9.17) is 14.2 Å². The van der Waals surface area contributed by atoms with Gasteiger partial charge in [-0.05, 0) is 31.1 Å². The number of unbranched alkanes of at least 4 members (excludes halogenated alkanes) is 27. The Kier molecular flexibility index (Phi) is 39.8. The smallest absolute Gasteiger partial charge is 0.306 e. The first-order chi connectivity index (χ1) is 26.2. The Bertz CT molecular complexity index is 824. The van der Waals surface area contributed by atoms with Crippen LogP contribution in [0.5, 0.6) is 0 Å². The number of carbonyl (C=O) groups is 3. The molecule has 0 aliphatic carbocycles. The molecule has 320 valence electrons. The van der Waals surface area contributed by atoms with E-state index in [0.29, 0.717) is 19.3 Å². The second-order valence-electron chi connectivity index (χ2n) is 17.3. The molecule has 6 heteroatoms. The van der Waals surface area contributed by atoms with Crippen molar-refractivity contribution < 1.29 is 28.6 Å². The summed E-state index contributed by atoms with van der Waals surface area (Å²) < 4.78 is 16.7. The average Bonchev–Trinajstić information content (AvgIpc) is 3.14. The van der Waals surface area contributed by atoms with Gasteiger partial charge in [0.25, 0.3) is 0 Å². The van der Waals surface area contributed by atoms with Crippen LogP contribution in [0.2, 0.25) is 0 Å². The summed E-state index contributed by atoms with van der Waals surface area (Å²) in [7, 11) is 0. The topological polar surface area (TPSA) is 78.9 Å². The third-order valence-corrected chi connectivity index (χ3v) is 10.7. The van der Waals surface area contributed by atoms with Crippen molar-refractivity contribution in [2.75, 3.05) is 13.2 Å². The second-order valence-corrected chi connectivity index (χ2v) is 17.3. The number of rotatable bonds is 42. The molecule has 0 heterocycles. The molecular weight excluding hydrogens is 673 g/mol. The Balaban J connectivity index is 4.32. The molecule has 0 N–H and O–H groups in total. The monoisotopic (exact) mass is 765 g/mol. The van der Waals surface area contributed by atoms with Gasteiger partial charge in [-0.1, -0.05) is 221 Å². The van der Waals surface area contributed by atoms with Gasteiger partial charge in [-0.3, -0.25) is 14.4 Å². The van der Waals surface area contributed by atoms with E-state index in [1.54, 1.807) is 0 Å². The summed E-state index contributed by atoms with van der Waals surface area (Å²) in [6.07, 6.45) is 39.5. The van der Waals surface area contributed by atoms with Crippen LogP contribution in [0, 0.1) is 11.8 Å². The highest BCUT2D eigenvalue weighted by Gasteiger charge is 2.19. The van der Waals surface area contributed by atoms with Crippen LogP contribution in [-0.2, 0) is 28.6 Å². The van der Waals surface area contributed by atoms with Crippen LogP contribution < -0.4 is 0 Å². The lowest BCUT2D eigenvalue weighted by molar-refractivity contribution is -0.167. The Morgan fingerprint density at radius 1 is 0.352 bits per heavy atom. The van der Waals surface area contributed by atoms with Crippen molar-refractivity contribution in [1.29, 1.82) is 0 Å². The highest BCUT2D eigenvalue weighted by molar-refractivity contribution is 5.71. The van der Waals surface area contributed by atoms with E-state index in [-0.39, 0.29) is 31.1 Å². The lowest BCUT2D eigenvalue weighted by Gasteiger charge is -2.18. The largest absolute Gasteiger partial charge is 0.462 e. The molecule has 6 nitrogen and oxygen atoms in total. The molecule has 0 saturated heterocycles. The zero-order chi connectivity index (χ0) is 39.7. The third-order valence-electron chi connectivity index (χ3n) is 10.7. The quantitative estimate of drug-likeness (QED) is 0.0350. The predicted octanol–water partition coefficient (Wildman–Crippen LogP) is 15.0. The lowest BCUT2D eigenvalue weighted by Crippen LogP contribution is -2.30. The molecule has 0 amide bonds. The number of hydrogen-bond acceptors (Lipinski definition) is 6. The van der Waals surface area contributed by atoms with Crippen molar-refractivity contribution in [2.24, 2.45) is 11.8 Å². The lowest BCUT2D eigenvalue weighted by atomic mass is 10.0. The molecule has 0 saturated carbocycles. The maximum atomic E-state index is 12.7. The molecule has 0 spiro atoms. The van der Waals surface area contributed by atoms with Crippen LogP contribution in [0.4, 0.5) is 0 Å². The van der Waals surface area contributed by atoms with Crippen LogP contribution in [0.1, 0.15) is 259 Å². The fraction of sp³-hybridized carbons (Fsp3) is 0.938. The van der Waals surface area contributed by atoms with Crippen LogP contribution in [0.3, 0.4) is 0 Å². The van der Waals surface area contributed by atoms with Crippen molar-refractivity contribution in [2.45, 2.75) is 265 Å². The highest BCUT2D eigenvalue weighted by atomic mass is 16.6. The van der Waals surface area contributed by atoms with Gasteiger partial charge in [0.2, 0.25) is 0 Å². The van der Waals surface area contributed by atoms with Gasteiger partial charge in [-0.15, -0.1) is 0 Å². The Morgan fingerprint density at radius 3 is 0.907 bits per heavy atom. The van der Waals surface area contributed by atoms with Crippen LogP contribution >= 0.6 is 0 Å². The fourth-order valence-electron chi connectivity index (χ4n) is 7.11. The van der Waals surface area contributed by atoms with Crippen molar-refractivity contribution in [3.63, 3.8) is 0 Å². The first-order valence-electron chi connectivity index (χ1n) is 23.7. The summed E-state index contributed by atoms with van der Waals surface area (Å²) in [5.74, 6) is 0.763. The van der Waals surface area contributed by atoms with Gasteiger partial charge in [0, 0.05) is 19.3 Å². The predicted molar refractivity (Wildman–Crippen MR) is 229 cm³/mol. The SMILES string of the molecule is CCCCCCCCCCCCCC(=O)OC[C@@H](COC(=O)CCCCCCCCCCCCCC(C)C)OC(=O)CCCCCCCCCCC(C)C. The summed E-state index contributed by atoms with van der Waals surface area (Å²) >= 11 is 0. The van der Waals surface area contributed by atoms with Gasteiger partial charge < -0.3 is 14.2 Å². The fourth-order valence-corrected chi connectivity index (χ4v) is 7.11. The summed E-state index contributed by atoms with van der Waals surface area (Å²) in [4.78, 5) is 37.7. The van der Waals surface area contributed by atoms with E-state index in [0.717, 1.165) is 69.6 Å². The van der Waals surface area contributed by atoms with Crippen molar-refractivity contribution in [3.8, 4) is 0 Å². The van der Waals surface area contributed by atoms with Crippen molar-refractivity contribution in [3.05, 3.63) is 0 Å². The van der Waals surface area contributed by atoms with Crippen LogP contribution in [0.15, 0.2) is 0 Å². The first-order valence-corrected chi connectivity index (χ1v) is 23.7. The molecule has 0 bridgehead atoms. The molecule has 0 unspecified atom stereocenters. The van der Waals surface area contributed by atoms with E-state index >= 15 is 0 Å². The van der Waals surface area contributed by atoms with E-state index in [1.165, 1.54) is 148 Å². The minimum Gasteiger partial charge on any atom is -0.462 e.